The normalized spacial score (nSPS) is 16.5. The molecule has 124 valence electrons. The Labute approximate surface area is 132 Å². The van der Waals surface area contributed by atoms with Crippen LogP contribution in [0.4, 0.5) is 9.18 Å². The number of hydrogen-bond acceptors (Lipinski definition) is 5. The number of imide groups is 1. The van der Waals surface area contributed by atoms with E-state index in [-0.39, 0.29) is 6.54 Å². The lowest BCUT2D eigenvalue weighted by Crippen LogP contribution is -2.43. The fraction of sp³-hybridized carbons (Fsp3) is 0.400. The van der Waals surface area contributed by atoms with Crippen LogP contribution in [0.2, 0.25) is 0 Å². The SMILES string of the molecule is C[C@H](Oc1ccc(F)cc1)C(=O)O[C@@H](C)C(=O)N1CCNC1=O. The van der Waals surface area contributed by atoms with Crippen LogP contribution in [-0.4, -0.2) is 48.1 Å². The van der Waals surface area contributed by atoms with Gasteiger partial charge in [0.25, 0.3) is 5.91 Å². The summed E-state index contributed by atoms with van der Waals surface area (Å²) in [7, 11) is 0. The van der Waals surface area contributed by atoms with Crippen molar-refractivity contribution in [2.75, 3.05) is 13.1 Å². The number of urea groups is 1. The molecule has 1 heterocycles. The van der Waals surface area contributed by atoms with Crippen LogP contribution in [0.3, 0.4) is 0 Å². The number of halogens is 1. The average molecular weight is 324 g/mol. The van der Waals surface area contributed by atoms with Gasteiger partial charge in [0, 0.05) is 13.1 Å². The van der Waals surface area contributed by atoms with E-state index in [0.717, 1.165) is 4.90 Å². The average Bonchev–Trinajstić information content (AvgIpc) is 2.94. The van der Waals surface area contributed by atoms with Gasteiger partial charge < -0.3 is 14.8 Å². The summed E-state index contributed by atoms with van der Waals surface area (Å²) in [6, 6.07) is 4.65. The Kier molecular flexibility index (Phi) is 5.15. The van der Waals surface area contributed by atoms with Gasteiger partial charge in [-0.3, -0.25) is 9.69 Å². The molecule has 7 nitrogen and oxygen atoms in total. The van der Waals surface area contributed by atoms with E-state index in [1.165, 1.54) is 38.1 Å². The minimum Gasteiger partial charge on any atom is -0.479 e. The number of carbonyl (C=O) groups is 3. The molecule has 1 N–H and O–H groups in total. The van der Waals surface area contributed by atoms with E-state index < -0.39 is 35.9 Å². The molecule has 0 aliphatic carbocycles. The van der Waals surface area contributed by atoms with E-state index in [4.69, 9.17) is 9.47 Å². The first-order valence-corrected chi connectivity index (χ1v) is 7.10. The van der Waals surface area contributed by atoms with Gasteiger partial charge in [-0.05, 0) is 38.1 Å². The lowest BCUT2D eigenvalue weighted by atomic mass is 10.3. The first-order chi connectivity index (χ1) is 10.9. The maximum atomic E-state index is 12.8. The molecule has 3 amide bonds. The molecule has 8 heteroatoms. The third-order valence-electron chi connectivity index (χ3n) is 3.22. The number of benzene rings is 1. The second-order valence-electron chi connectivity index (χ2n) is 5.01. The van der Waals surface area contributed by atoms with Crippen LogP contribution in [0, 0.1) is 5.82 Å². The van der Waals surface area contributed by atoms with Crippen LogP contribution in [-0.2, 0) is 14.3 Å². The second kappa shape index (κ2) is 7.08. The van der Waals surface area contributed by atoms with Gasteiger partial charge in [0.15, 0.2) is 12.2 Å². The molecule has 0 saturated carbocycles. The molecule has 1 aliphatic rings. The van der Waals surface area contributed by atoms with E-state index in [9.17, 15) is 18.8 Å². The predicted octanol–water partition coefficient (Wildman–Crippen LogP) is 1.08. The zero-order valence-electron chi connectivity index (χ0n) is 12.7. The molecule has 0 bridgehead atoms. The summed E-state index contributed by atoms with van der Waals surface area (Å²) in [6.45, 7) is 3.44. The summed E-state index contributed by atoms with van der Waals surface area (Å²) < 4.78 is 23.1. The van der Waals surface area contributed by atoms with Crippen LogP contribution in [0.1, 0.15) is 13.8 Å². The summed E-state index contributed by atoms with van der Waals surface area (Å²) in [6.07, 6.45) is -2.09. The van der Waals surface area contributed by atoms with Crippen molar-refractivity contribution in [1.82, 2.24) is 10.2 Å². The Bertz CT molecular complexity index is 604. The van der Waals surface area contributed by atoms with Crippen molar-refractivity contribution in [3.63, 3.8) is 0 Å². The fourth-order valence-electron chi connectivity index (χ4n) is 1.99. The molecular weight excluding hydrogens is 307 g/mol. The Morgan fingerprint density at radius 2 is 1.87 bits per heavy atom. The van der Waals surface area contributed by atoms with Crippen LogP contribution < -0.4 is 10.1 Å². The monoisotopic (exact) mass is 324 g/mol. The summed E-state index contributed by atoms with van der Waals surface area (Å²) in [5.41, 5.74) is 0. The summed E-state index contributed by atoms with van der Waals surface area (Å²) in [5, 5.41) is 2.49. The topological polar surface area (TPSA) is 84.9 Å². The van der Waals surface area contributed by atoms with Crippen molar-refractivity contribution in [3.8, 4) is 5.75 Å². The standard InChI is InChI=1S/C15H17FN2O5/c1-9(13(19)18-8-7-17-15(18)21)23-14(20)10(2)22-12-5-3-11(16)4-6-12/h3-6,9-10H,7-8H2,1-2H3,(H,17,21)/t9-,10-/m0/s1. The van der Waals surface area contributed by atoms with Crippen molar-refractivity contribution >= 4 is 17.9 Å². The van der Waals surface area contributed by atoms with E-state index in [1.54, 1.807) is 0 Å². The highest BCUT2D eigenvalue weighted by Crippen LogP contribution is 2.14. The highest BCUT2D eigenvalue weighted by Gasteiger charge is 2.32. The molecule has 1 aliphatic heterocycles. The number of amides is 3. The molecule has 1 aromatic carbocycles. The number of rotatable bonds is 5. The minimum atomic E-state index is -1.11. The smallest absolute Gasteiger partial charge is 0.347 e. The summed E-state index contributed by atoms with van der Waals surface area (Å²) in [5.74, 6) is -1.47. The molecule has 2 atom stereocenters. The molecule has 0 spiro atoms. The molecule has 2 rings (SSSR count). The third kappa shape index (κ3) is 4.18. The molecule has 0 unspecified atom stereocenters. The van der Waals surface area contributed by atoms with Gasteiger partial charge in [-0.15, -0.1) is 0 Å². The van der Waals surface area contributed by atoms with Crippen LogP contribution in [0.15, 0.2) is 24.3 Å². The first-order valence-electron chi connectivity index (χ1n) is 7.10. The number of nitrogens with one attached hydrogen (secondary N) is 1. The van der Waals surface area contributed by atoms with E-state index >= 15 is 0 Å². The Morgan fingerprint density at radius 1 is 1.22 bits per heavy atom. The molecule has 23 heavy (non-hydrogen) atoms. The van der Waals surface area contributed by atoms with E-state index in [0.29, 0.717) is 12.3 Å². The number of nitrogens with zero attached hydrogens (tertiary/aromatic N) is 1. The zero-order chi connectivity index (χ0) is 17.0. The second-order valence-corrected chi connectivity index (χ2v) is 5.01. The van der Waals surface area contributed by atoms with Crippen LogP contribution in [0.25, 0.3) is 0 Å². The third-order valence-corrected chi connectivity index (χ3v) is 3.22. The zero-order valence-corrected chi connectivity index (χ0v) is 12.7. The Morgan fingerprint density at radius 3 is 2.43 bits per heavy atom. The minimum absolute atomic E-state index is 0.237. The molecule has 1 aromatic rings. The molecule has 1 saturated heterocycles. The lowest BCUT2D eigenvalue weighted by Gasteiger charge is -2.20. The molecule has 0 radical (unpaired) electrons. The number of ether oxygens (including phenoxy) is 2. The maximum absolute atomic E-state index is 12.8. The predicted molar refractivity (Wildman–Crippen MR) is 77.2 cm³/mol. The molecule has 0 aromatic heterocycles. The van der Waals surface area contributed by atoms with E-state index in [2.05, 4.69) is 5.32 Å². The number of esters is 1. The van der Waals surface area contributed by atoms with Gasteiger partial charge in [-0.2, -0.15) is 0 Å². The van der Waals surface area contributed by atoms with Gasteiger partial charge in [-0.25, -0.2) is 14.0 Å². The van der Waals surface area contributed by atoms with Crippen molar-refractivity contribution in [2.24, 2.45) is 0 Å². The van der Waals surface area contributed by atoms with Gasteiger partial charge in [-0.1, -0.05) is 0 Å². The first kappa shape index (κ1) is 16.7. The van der Waals surface area contributed by atoms with Crippen molar-refractivity contribution in [3.05, 3.63) is 30.1 Å². The number of carbonyl (C=O) groups excluding carboxylic acids is 3. The van der Waals surface area contributed by atoms with E-state index in [1.807, 2.05) is 0 Å². The van der Waals surface area contributed by atoms with Crippen LogP contribution >= 0.6 is 0 Å². The van der Waals surface area contributed by atoms with Crippen molar-refractivity contribution in [1.29, 1.82) is 0 Å². The van der Waals surface area contributed by atoms with Gasteiger partial charge in [0.1, 0.15) is 11.6 Å². The van der Waals surface area contributed by atoms with Gasteiger partial charge >= 0.3 is 12.0 Å². The summed E-state index contributed by atoms with van der Waals surface area (Å²) in [4.78, 5) is 36.3. The highest BCUT2D eigenvalue weighted by molar-refractivity contribution is 5.98. The fourth-order valence-corrected chi connectivity index (χ4v) is 1.99. The quantitative estimate of drug-likeness (QED) is 0.819. The molecular formula is C15H17FN2O5. The largest absolute Gasteiger partial charge is 0.479 e. The number of hydrogen-bond donors (Lipinski definition) is 1. The maximum Gasteiger partial charge on any atom is 0.347 e. The van der Waals surface area contributed by atoms with Crippen molar-refractivity contribution in [2.45, 2.75) is 26.1 Å². The Hall–Kier alpha value is -2.64. The Balaban J connectivity index is 1.88. The molecule has 1 fully saturated rings. The van der Waals surface area contributed by atoms with Crippen molar-refractivity contribution < 1.29 is 28.2 Å². The highest BCUT2D eigenvalue weighted by atomic mass is 19.1. The lowest BCUT2D eigenvalue weighted by molar-refractivity contribution is -0.163. The summed E-state index contributed by atoms with van der Waals surface area (Å²) >= 11 is 0. The van der Waals surface area contributed by atoms with Crippen LogP contribution in [0.5, 0.6) is 5.75 Å². The van der Waals surface area contributed by atoms with Gasteiger partial charge in [0.2, 0.25) is 0 Å². The van der Waals surface area contributed by atoms with Gasteiger partial charge in [0.05, 0.1) is 0 Å².